The van der Waals surface area contributed by atoms with Gasteiger partial charge >= 0.3 is 0 Å². The SMILES string of the molecule is C=CC[C@H](CC(C)=O)O[Si]([Si](CC)(CC)CC)([Si](CC)(CC)CC)[Si](CC)(CC)CC. The molecule has 0 spiro atoms. The molecule has 0 heterocycles. The molecule has 0 amide bonds. The van der Waals surface area contributed by atoms with Crippen molar-refractivity contribution in [1.29, 1.82) is 0 Å². The van der Waals surface area contributed by atoms with E-state index in [9.17, 15) is 4.79 Å². The Labute approximate surface area is 199 Å². The first-order valence-corrected chi connectivity index (χ1v) is 26.2. The van der Waals surface area contributed by atoms with E-state index >= 15 is 0 Å². The zero-order valence-electron chi connectivity index (χ0n) is 23.0. The predicted octanol–water partition coefficient (Wildman–Crippen LogP) is 8.63. The van der Waals surface area contributed by atoms with Crippen LogP contribution in [0.5, 0.6) is 0 Å². The van der Waals surface area contributed by atoms with Gasteiger partial charge in [-0.15, -0.1) is 6.58 Å². The van der Waals surface area contributed by atoms with Crippen LogP contribution in [0.2, 0.25) is 54.4 Å². The molecule has 0 aliphatic heterocycles. The van der Waals surface area contributed by atoms with E-state index in [2.05, 4.69) is 68.9 Å². The molecule has 31 heavy (non-hydrogen) atoms. The summed E-state index contributed by atoms with van der Waals surface area (Å²) in [5, 5.41) is 0. The highest BCUT2D eigenvalue weighted by Gasteiger charge is 2.72. The molecule has 0 saturated carbocycles. The fourth-order valence-electron chi connectivity index (χ4n) is 7.48. The molecule has 2 nitrogen and oxygen atoms in total. The minimum absolute atomic E-state index is 0.0613. The average molecular weight is 501 g/mol. The number of Topliss-reactive ketones (excluding diaryl/α,β-unsaturated/α-hetero) is 1. The second kappa shape index (κ2) is 13.8. The third-order valence-electron chi connectivity index (χ3n) is 9.62. The minimum Gasteiger partial charge on any atom is -0.422 e. The number of rotatable bonds is 18. The zero-order chi connectivity index (χ0) is 24.3. The topological polar surface area (TPSA) is 26.3 Å². The summed E-state index contributed by atoms with van der Waals surface area (Å²) in [6.45, 7) is 26.3. The van der Waals surface area contributed by atoms with E-state index in [0.29, 0.717) is 6.42 Å². The molecule has 0 radical (unpaired) electrons. The average Bonchev–Trinajstić information content (AvgIpc) is 2.78. The summed E-state index contributed by atoms with van der Waals surface area (Å²) >= 11 is 0. The quantitative estimate of drug-likeness (QED) is 0.139. The van der Waals surface area contributed by atoms with Crippen LogP contribution in [-0.4, -0.2) is 41.5 Å². The highest BCUT2D eigenvalue weighted by Crippen LogP contribution is 2.52. The van der Waals surface area contributed by atoms with Gasteiger partial charge in [0.05, 0.1) is 28.9 Å². The number of carbonyl (C=O) groups is 1. The fraction of sp³-hybridized carbons (Fsp3) is 0.880. The normalized spacial score (nSPS) is 14.5. The van der Waals surface area contributed by atoms with Crippen LogP contribution in [0, 0.1) is 0 Å². The van der Waals surface area contributed by atoms with Crippen molar-refractivity contribution in [3.8, 4) is 0 Å². The maximum Gasteiger partial charge on any atom is 0.160 e. The van der Waals surface area contributed by atoms with Crippen molar-refractivity contribution in [1.82, 2.24) is 0 Å². The summed E-state index contributed by atoms with van der Waals surface area (Å²) in [7, 11) is -4.93. The van der Waals surface area contributed by atoms with Crippen LogP contribution in [0.3, 0.4) is 0 Å². The van der Waals surface area contributed by atoms with Crippen molar-refractivity contribution in [2.45, 2.75) is 143 Å². The van der Waals surface area contributed by atoms with E-state index in [0.717, 1.165) is 6.42 Å². The van der Waals surface area contributed by atoms with Crippen LogP contribution >= 0.6 is 0 Å². The van der Waals surface area contributed by atoms with Gasteiger partial charge in [0.15, 0.2) is 6.87 Å². The van der Waals surface area contributed by atoms with Gasteiger partial charge in [-0.05, 0) is 13.3 Å². The van der Waals surface area contributed by atoms with Crippen molar-refractivity contribution < 1.29 is 9.22 Å². The molecular formula is C25H56O2Si4. The molecule has 184 valence electrons. The molecule has 0 aliphatic carbocycles. The lowest BCUT2D eigenvalue weighted by Gasteiger charge is -2.65. The van der Waals surface area contributed by atoms with Crippen LogP contribution in [-0.2, 0) is 9.22 Å². The molecule has 1 atom stereocenters. The monoisotopic (exact) mass is 500 g/mol. The van der Waals surface area contributed by atoms with Crippen LogP contribution in [0.25, 0.3) is 0 Å². The standard InChI is InChI=1S/C25H56O2Si4/c1-12-22-25(23-24(11)26)27-31(28(13-2,14-3)15-4,29(16-5,17-6)18-7)30(19-8,20-9)21-10/h12,25H,1,13-23H2,2-11H3/t25-/m1/s1. The van der Waals surface area contributed by atoms with Gasteiger partial charge < -0.3 is 4.43 Å². The molecular weight excluding hydrogens is 445 g/mol. The molecule has 0 N–H and O–H groups in total. The van der Waals surface area contributed by atoms with Crippen molar-refractivity contribution in [3.05, 3.63) is 12.7 Å². The molecule has 0 saturated heterocycles. The van der Waals surface area contributed by atoms with Gasteiger partial charge in [0.2, 0.25) is 0 Å². The van der Waals surface area contributed by atoms with E-state index in [1.54, 1.807) is 6.92 Å². The Morgan fingerprint density at radius 3 is 1.19 bits per heavy atom. The van der Waals surface area contributed by atoms with Crippen LogP contribution in [0.4, 0.5) is 0 Å². The van der Waals surface area contributed by atoms with E-state index in [1.165, 1.54) is 54.4 Å². The van der Waals surface area contributed by atoms with Gasteiger partial charge in [-0.1, -0.05) is 123 Å². The van der Waals surface area contributed by atoms with Gasteiger partial charge in [0.1, 0.15) is 5.78 Å². The predicted molar refractivity (Wildman–Crippen MR) is 152 cm³/mol. The number of hydrogen-bond donors (Lipinski definition) is 0. The first-order valence-electron chi connectivity index (χ1n) is 13.4. The second-order valence-corrected chi connectivity index (χ2v) is 45.9. The summed E-state index contributed by atoms with van der Waals surface area (Å²) in [5.74, 6) is 0.278. The van der Waals surface area contributed by atoms with Crippen molar-refractivity contribution in [2.24, 2.45) is 0 Å². The fourth-order valence-corrected chi connectivity index (χ4v) is 108. The Balaban J connectivity index is 7.62. The molecule has 6 heteroatoms. The van der Waals surface area contributed by atoms with Crippen molar-refractivity contribution in [2.75, 3.05) is 0 Å². The molecule has 0 aromatic heterocycles. The lowest BCUT2D eigenvalue weighted by molar-refractivity contribution is -0.118. The summed E-state index contributed by atoms with van der Waals surface area (Å²) in [4.78, 5) is 12.3. The second-order valence-electron chi connectivity index (χ2n) is 9.87. The molecule has 0 aliphatic rings. The maximum absolute atomic E-state index is 12.3. The number of hydrogen-bond acceptors (Lipinski definition) is 2. The van der Waals surface area contributed by atoms with Crippen LogP contribution in [0.15, 0.2) is 12.7 Å². The summed E-state index contributed by atoms with van der Waals surface area (Å²) in [6.07, 6.45) is 3.48. The molecule has 0 unspecified atom stereocenters. The van der Waals surface area contributed by atoms with Gasteiger partial charge in [-0.25, -0.2) is 0 Å². The van der Waals surface area contributed by atoms with E-state index in [-0.39, 0.29) is 11.9 Å². The zero-order valence-corrected chi connectivity index (χ0v) is 27.0. The Morgan fingerprint density at radius 2 is 1.00 bits per heavy atom. The smallest absolute Gasteiger partial charge is 0.160 e. The number of ketones is 1. The van der Waals surface area contributed by atoms with E-state index in [4.69, 9.17) is 4.43 Å². The van der Waals surface area contributed by atoms with Crippen LogP contribution < -0.4 is 0 Å². The molecule has 0 fully saturated rings. The highest BCUT2D eigenvalue weighted by molar-refractivity contribution is 7.88. The van der Waals surface area contributed by atoms with E-state index < -0.39 is 29.6 Å². The molecule has 0 bridgehead atoms. The Kier molecular flexibility index (Phi) is 13.9. The molecule has 0 aromatic carbocycles. The van der Waals surface area contributed by atoms with Gasteiger partial charge in [-0.3, -0.25) is 4.79 Å². The summed E-state index contributed by atoms with van der Waals surface area (Å²) in [5.41, 5.74) is 0. The third-order valence-corrected chi connectivity index (χ3v) is 79.7. The van der Waals surface area contributed by atoms with Gasteiger partial charge in [0.25, 0.3) is 0 Å². The van der Waals surface area contributed by atoms with Crippen molar-refractivity contribution >= 4 is 35.4 Å². The third kappa shape index (κ3) is 5.50. The highest BCUT2D eigenvalue weighted by atomic mass is 29.9. The Bertz CT molecular complexity index is 463. The lowest BCUT2D eigenvalue weighted by Crippen LogP contribution is -2.90. The largest absolute Gasteiger partial charge is 0.422 e. The van der Waals surface area contributed by atoms with Gasteiger partial charge in [0, 0.05) is 6.42 Å². The first kappa shape index (κ1) is 31.2. The lowest BCUT2D eigenvalue weighted by atomic mass is 10.1. The van der Waals surface area contributed by atoms with Crippen LogP contribution in [0.1, 0.15) is 82.1 Å². The van der Waals surface area contributed by atoms with Crippen molar-refractivity contribution in [3.63, 3.8) is 0 Å². The van der Waals surface area contributed by atoms with E-state index in [1.807, 2.05) is 6.08 Å². The molecule has 0 aromatic rings. The Morgan fingerprint density at radius 1 is 0.710 bits per heavy atom. The number of carbonyl (C=O) groups excluding carboxylic acids is 1. The summed E-state index contributed by atoms with van der Waals surface area (Å²) in [6, 6.07) is 12.3. The first-order chi connectivity index (χ1) is 14.6. The minimum atomic E-state index is -2.09. The van der Waals surface area contributed by atoms with Gasteiger partial charge in [-0.2, -0.15) is 0 Å². The summed E-state index contributed by atoms with van der Waals surface area (Å²) < 4.78 is 7.94. The molecule has 0 rings (SSSR count). The maximum atomic E-state index is 12.3. The Hall–Kier alpha value is 0.238.